The molecule has 0 radical (unpaired) electrons. The van der Waals surface area contributed by atoms with Gasteiger partial charge < -0.3 is 9.64 Å². The first kappa shape index (κ1) is 19.2. The van der Waals surface area contributed by atoms with Crippen LogP contribution in [-0.4, -0.2) is 60.0 Å². The number of rotatable bonds is 5. The van der Waals surface area contributed by atoms with Crippen LogP contribution in [0.1, 0.15) is 16.1 Å². The van der Waals surface area contributed by atoms with Gasteiger partial charge in [-0.2, -0.15) is 13.2 Å². The number of halogens is 3. The molecule has 1 aliphatic heterocycles. The highest BCUT2D eigenvalue weighted by molar-refractivity contribution is 5.94. The quantitative estimate of drug-likeness (QED) is 0.802. The molecule has 0 saturated carbocycles. The molecule has 0 N–H and O–H groups in total. The van der Waals surface area contributed by atoms with Crippen molar-refractivity contribution in [2.75, 3.05) is 39.3 Å². The number of pyridine rings is 1. The Labute approximate surface area is 155 Å². The number of amides is 1. The van der Waals surface area contributed by atoms with E-state index < -0.39 is 11.9 Å². The van der Waals surface area contributed by atoms with Gasteiger partial charge in [0.25, 0.3) is 5.91 Å². The molecule has 0 aliphatic carbocycles. The highest BCUT2D eigenvalue weighted by atomic mass is 19.4. The van der Waals surface area contributed by atoms with Crippen LogP contribution in [0.2, 0.25) is 0 Å². The van der Waals surface area contributed by atoms with Crippen LogP contribution in [0.4, 0.5) is 13.2 Å². The van der Waals surface area contributed by atoms with Crippen molar-refractivity contribution in [3.05, 3.63) is 59.9 Å². The third-order valence-corrected chi connectivity index (χ3v) is 4.38. The number of carbonyl (C=O) groups is 1. The number of benzene rings is 1. The number of nitrogens with zero attached hydrogens (tertiary/aromatic N) is 3. The third-order valence-electron chi connectivity index (χ3n) is 4.38. The van der Waals surface area contributed by atoms with Gasteiger partial charge in [0.2, 0.25) is 0 Å². The maximum atomic E-state index is 12.6. The van der Waals surface area contributed by atoms with E-state index in [1.165, 1.54) is 6.07 Å². The Kier molecular flexibility index (Phi) is 5.95. The molecule has 8 heteroatoms. The molecule has 1 saturated heterocycles. The fourth-order valence-electron chi connectivity index (χ4n) is 2.85. The number of ether oxygens (including phenoxy) is 1. The summed E-state index contributed by atoms with van der Waals surface area (Å²) < 4.78 is 43.3. The van der Waals surface area contributed by atoms with Crippen molar-refractivity contribution in [2.45, 2.75) is 6.18 Å². The van der Waals surface area contributed by atoms with Gasteiger partial charge in [-0.25, -0.2) is 0 Å². The Balaban J connectivity index is 1.45. The van der Waals surface area contributed by atoms with Crippen LogP contribution in [0, 0.1) is 0 Å². The van der Waals surface area contributed by atoms with E-state index in [4.69, 9.17) is 4.74 Å². The molecule has 3 rings (SSSR count). The van der Waals surface area contributed by atoms with Gasteiger partial charge in [-0.3, -0.25) is 14.7 Å². The van der Waals surface area contributed by atoms with Gasteiger partial charge in [0.15, 0.2) is 0 Å². The smallest absolute Gasteiger partial charge is 0.433 e. The number of aromatic nitrogens is 1. The summed E-state index contributed by atoms with van der Waals surface area (Å²) in [6.45, 7) is 3.73. The molecule has 27 heavy (non-hydrogen) atoms. The summed E-state index contributed by atoms with van der Waals surface area (Å²) in [5, 5.41) is 0. The van der Waals surface area contributed by atoms with Crippen LogP contribution in [0.5, 0.6) is 5.75 Å². The monoisotopic (exact) mass is 379 g/mol. The van der Waals surface area contributed by atoms with E-state index in [0.717, 1.165) is 24.6 Å². The standard InChI is InChI=1S/C19H20F3N3O2/c20-19(21,22)17-7-6-15(14-23-17)18(26)25-10-8-24(9-11-25)12-13-27-16-4-2-1-3-5-16/h1-7,14H,8-13H2. The molecule has 1 fully saturated rings. The molecule has 1 aromatic carbocycles. The third kappa shape index (κ3) is 5.19. The lowest BCUT2D eigenvalue weighted by atomic mass is 10.2. The Morgan fingerprint density at radius 3 is 2.33 bits per heavy atom. The van der Waals surface area contributed by atoms with Crippen LogP contribution in [0.3, 0.4) is 0 Å². The second kappa shape index (κ2) is 8.39. The topological polar surface area (TPSA) is 45.7 Å². The van der Waals surface area contributed by atoms with Crippen molar-refractivity contribution in [3.8, 4) is 5.75 Å². The van der Waals surface area contributed by atoms with Crippen molar-refractivity contribution >= 4 is 5.91 Å². The summed E-state index contributed by atoms with van der Waals surface area (Å²) in [5.74, 6) is 0.525. The van der Waals surface area contributed by atoms with E-state index in [1.807, 2.05) is 30.3 Å². The Morgan fingerprint density at radius 2 is 1.74 bits per heavy atom. The molecule has 2 heterocycles. The van der Waals surface area contributed by atoms with Crippen molar-refractivity contribution < 1.29 is 22.7 Å². The lowest BCUT2D eigenvalue weighted by Gasteiger charge is -2.34. The van der Waals surface area contributed by atoms with Crippen LogP contribution >= 0.6 is 0 Å². The van der Waals surface area contributed by atoms with E-state index >= 15 is 0 Å². The van der Waals surface area contributed by atoms with Gasteiger partial charge in [0.05, 0.1) is 5.56 Å². The summed E-state index contributed by atoms with van der Waals surface area (Å²) in [6, 6.07) is 11.6. The first-order valence-electron chi connectivity index (χ1n) is 8.66. The van der Waals surface area contributed by atoms with Gasteiger partial charge in [-0.05, 0) is 24.3 Å². The van der Waals surface area contributed by atoms with Crippen molar-refractivity contribution in [2.24, 2.45) is 0 Å². The summed E-state index contributed by atoms with van der Waals surface area (Å²) >= 11 is 0. The molecule has 1 amide bonds. The number of hydrogen-bond donors (Lipinski definition) is 0. The SMILES string of the molecule is O=C(c1ccc(C(F)(F)F)nc1)N1CCN(CCOc2ccccc2)CC1. The maximum absolute atomic E-state index is 12.6. The number of hydrogen-bond acceptors (Lipinski definition) is 4. The summed E-state index contributed by atoms with van der Waals surface area (Å²) in [7, 11) is 0. The lowest BCUT2D eigenvalue weighted by molar-refractivity contribution is -0.141. The number of alkyl halides is 3. The summed E-state index contributed by atoms with van der Waals surface area (Å²) in [5.41, 5.74) is -0.828. The molecule has 2 aromatic rings. The second-order valence-electron chi connectivity index (χ2n) is 6.23. The summed E-state index contributed by atoms with van der Waals surface area (Å²) in [4.78, 5) is 19.6. The summed E-state index contributed by atoms with van der Waals surface area (Å²) in [6.07, 6.45) is -3.51. The highest BCUT2D eigenvalue weighted by Crippen LogP contribution is 2.27. The first-order chi connectivity index (χ1) is 12.9. The van der Waals surface area contributed by atoms with Crippen molar-refractivity contribution in [3.63, 3.8) is 0 Å². The predicted molar refractivity (Wildman–Crippen MR) is 93.5 cm³/mol. The Hall–Kier alpha value is -2.61. The molecular weight excluding hydrogens is 359 g/mol. The van der Waals surface area contributed by atoms with Crippen LogP contribution in [0.25, 0.3) is 0 Å². The van der Waals surface area contributed by atoms with Gasteiger partial charge >= 0.3 is 6.18 Å². The Morgan fingerprint density at radius 1 is 1.04 bits per heavy atom. The molecule has 144 valence electrons. The lowest BCUT2D eigenvalue weighted by Crippen LogP contribution is -2.49. The van der Waals surface area contributed by atoms with Crippen molar-refractivity contribution in [1.29, 1.82) is 0 Å². The fourth-order valence-corrected chi connectivity index (χ4v) is 2.85. The van der Waals surface area contributed by atoms with Crippen molar-refractivity contribution in [1.82, 2.24) is 14.8 Å². The molecular formula is C19H20F3N3O2. The number of carbonyl (C=O) groups excluding carboxylic acids is 1. The average molecular weight is 379 g/mol. The van der Waals surface area contributed by atoms with Gasteiger partial charge in [-0.1, -0.05) is 18.2 Å². The fraction of sp³-hybridized carbons (Fsp3) is 0.368. The van der Waals surface area contributed by atoms with E-state index in [2.05, 4.69) is 9.88 Å². The molecule has 0 atom stereocenters. The zero-order valence-corrected chi connectivity index (χ0v) is 14.7. The van der Waals surface area contributed by atoms with E-state index in [1.54, 1.807) is 4.90 Å². The molecule has 1 aliphatic rings. The minimum absolute atomic E-state index is 0.170. The maximum Gasteiger partial charge on any atom is 0.433 e. The predicted octanol–water partition coefficient (Wildman–Crippen LogP) is 2.94. The van der Waals surface area contributed by atoms with Crippen LogP contribution in [-0.2, 0) is 6.18 Å². The Bertz CT molecular complexity index is 743. The van der Waals surface area contributed by atoms with Crippen LogP contribution < -0.4 is 4.74 Å². The molecule has 0 spiro atoms. The molecule has 5 nitrogen and oxygen atoms in total. The molecule has 1 aromatic heterocycles. The highest BCUT2D eigenvalue weighted by Gasteiger charge is 2.32. The largest absolute Gasteiger partial charge is 0.492 e. The van der Waals surface area contributed by atoms with Gasteiger partial charge in [0.1, 0.15) is 18.1 Å². The van der Waals surface area contributed by atoms with Gasteiger partial charge in [0, 0.05) is 38.9 Å². The van der Waals surface area contributed by atoms with E-state index in [0.29, 0.717) is 32.8 Å². The van der Waals surface area contributed by atoms with Gasteiger partial charge in [-0.15, -0.1) is 0 Å². The molecule has 0 unspecified atom stereocenters. The zero-order chi connectivity index (χ0) is 19.3. The normalized spacial score (nSPS) is 15.6. The molecule has 0 bridgehead atoms. The number of piperazine rings is 1. The first-order valence-corrected chi connectivity index (χ1v) is 8.66. The van der Waals surface area contributed by atoms with E-state index in [9.17, 15) is 18.0 Å². The minimum Gasteiger partial charge on any atom is -0.492 e. The zero-order valence-electron chi connectivity index (χ0n) is 14.7. The average Bonchev–Trinajstić information content (AvgIpc) is 2.68. The van der Waals surface area contributed by atoms with E-state index in [-0.39, 0.29) is 11.5 Å². The number of para-hydroxylation sites is 1. The second-order valence-corrected chi connectivity index (χ2v) is 6.23. The minimum atomic E-state index is -4.50. The van der Waals surface area contributed by atoms with Crippen LogP contribution in [0.15, 0.2) is 48.7 Å².